The second-order valence-electron chi connectivity index (χ2n) is 19.4. The molecule has 0 N–H and O–H groups in total. The summed E-state index contributed by atoms with van der Waals surface area (Å²) in [7, 11) is 0. The molecule has 6 aromatic rings. The van der Waals surface area contributed by atoms with Gasteiger partial charge in [-0.15, -0.1) is 0 Å². The third-order valence-corrected chi connectivity index (χ3v) is 16.0. The number of hydrogen-bond acceptors (Lipinski definition) is 3. The third kappa shape index (κ3) is 4.46. The van der Waals surface area contributed by atoms with E-state index < -0.39 is 27.1 Å². The van der Waals surface area contributed by atoms with Crippen molar-refractivity contribution >= 4 is 0 Å². The zero-order valence-electron chi connectivity index (χ0n) is 40.9. The second-order valence-corrected chi connectivity index (χ2v) is 19.4. The lowest BCUT2D eigenvalue weighted by Crippen LogP contribution is -2.42. The minimum absolute atomic E-state index is 0.0232. The zero-order chi connectivity index (χ0) is 45.1. The van der Waals surface area contributed by atoms with Gasteiger partial charge in [0, 0.05) is 22.3 Å². The monoisotopic (exact) mass is 742 g/mol. The van der Waals surface area contributed by atoms with E-state index in [2.05, 4.69) is 83.1 Å². The van der Waals surface area contributed by atoms with Crippen molar-refractivity contribution in [3.8, 4) is 34.0 Å². The Morgan fingerprint density at radius 3 is 1.20 bits per heavy atom. The van der Waals surface area contributed by atoms with E-state index in [4.69, 9.17) is 14.7 Å². The number of rotatable bonds is 4. The highest BCUT2D eigenvalue weighted by atomic mass is 16.5. The van der Waals surface area contributed by atoms with Gasteiger partial charge in [-0.2, -0.15) is 0 Å². The normalized spacial score (nSPS) is 22.1. The zero-order valence-corrected chi connectivity index (χ0v) is 34.9. The molecule has 0 unspecified atom stereocenters. The van der Waals surface area contributed by atoms with Crippen LogP contribution in [0.3, 0.4) is 0 Å². The predicted octanol–water partition coefficient (Wildman–Crippen LogP) is 13.5. The van der Waals surface area contributed by atoms with Gasteiger partial charge < -0.3 is 4.74 Å². The van der Waals surface area contributed by atoms with Crippen molar-refractivity contribution in [1.29, 1.82) is 0 Å². The Morgan fingerprint density at radius 1 is 0.411 bits per heavy atom. The number of nitrogens with zero attached hydrogens (tertiary/aromatic N) is 2. The molecule has 0 radical (unpaired) electrons. The maximum Gasteiger partial charge on any atom is 0.132 e. The van der Waals surface area contributed by atoms with Crippen LogP contribution in [0.1, 0.15) is 136 Å². The molecule has 0 amide bonds. The molecular weight excluding hydrogens is 681 g/mol. The SMILES string of the molecule is [2H]c1c([2H])c2c(c([2H])c1-c1cccc(C3(c4cccc(-c5c([2H])c([2H])c6c(c5[2H])C(C)(C)C(C)(C)C6(C)C)n4)c4ccccc4Oc4ccccc43)n1)C(C)(C)C(C)(C)C2(C)C. The van der Waals surface area contributed by atoms with Crippen molar-refractivity contribution in [3.63, 3.8) is 0 Å². The number of fused-ring (bicyclic) bond motifs is 4. The number of ether oxygens (including phenoxy) is 1. The van der Waals surface area contributed by atoms with Crippen molar-refractivity contribution in [3.05, 3.63) is 166 Å². The molecule has 3 aliphatic rings. The predicted molar refractivity (Wildman–Crippen MR) is 231 cm³/mol. The van der Waals surface area contributed by atoms with Gasteiger partial charge in [0.2, 0.25) is 0 Å². The molecule has 0 atom stereocenters. The van der Waals surface area contributed by atoms with Crippen LogP contribution < -0.4 is 4.74 Å². The standard InChI is InChI=1S/C53H56N2O/c1-47(2)35-29-27-33(31-39(35)49(5,6)51(47,9)10)41-21-17-25-45(54-41)53(37-19-13-15-23-43(37)56-44-24-16-14-20-38(44)53)46-26-18-22-42(55-46)34-28-30-36-40(32-34)50(7,8)52(11,12)48(36,3)4/h13-32H,1-12H3/i27D,28D,29D,30D,31D,32D. The Bertz CT molecular complexity index is 2730. The maximum atomic E-state index is 9.86. The molecule has 284 valence electrons. The van der Waals surface area contributed by atoms with Gasteiger partial charge >= 0.3 is 0 Å². The van der Waals surface area contributed by atoms with E-state index in [1.807, 2.05) is 84.9 Å². The number of benzene rings is 4. The summed E-state index contributed by atoms with van der Waals surface area (Å²) < 4.78 is 64.3. The number of pyridine rings is 2. The molecule has 0 saturated carbocycles. The van der Waals surface area contributed by atoms with Gasteiger partial charge in [0.25, 0.3) is 0 Å². The lowest BCUT2D eigenvalue weighted by Gasteiger charge is -2.44. The van der Waals surface area contributed by atoms with Gasteiger partial charge in [0.15, 0.2) is 0 Å². The first kappa shape index (κ1) is 30.2. The van der Waals surface area contributed by atoms with E-state index in [1.165, 1.54) is 0 Å². The summed E-state index contributed by atoms with van der Waals surface area (Å²) in [4.78, 5) is 10.9. The fourth-order valence-electron chi connectivity index (χ4n) is 10.00. The highest BCUT2D eigenvalue weighted by molar-refractivity contribution is 5.72. The molecule has 3 heterocycles. The lowest BCUT2D eigenvalue weighted by atomic mass is 9.59. The van der Waals surface area contributed by atoms with Gasteiger partial charge in [-0.25, -0.2) is 0 Å². The van der Waals surface area contributed by atoms with Crippen LogP contribution in [0.15, 0.2) is 121 Å². The molecule has 2 aliphatic carbocycles. The van der Waals surface area contributed by atoms with Crippen LogP contribution in [0.4, 0.5) is 0 Å². The summed E-state index contributed by atoms with van der Waals surface area (Å²) in [6, 6.07) is 27.7. The van der Waals surface area contributed by atoms with Gasteiger partial charge in [-0.05, 0) is 103 Å². The topological polar surface area (TPSA) is 35.0 Å². The second kappa shape index (κ2) is 11.5. The molecule has 56 heavy (non-hydrogen) atoms. The van der Waals surface area contributed by atoms with Gasteiger partial charge in [0.1, 0.15) is 16.9 Å². The molecule has 4 aromatic carbocycles. The molecule has 0 saturated heterocycles. The van der Waals surface area contributed by atoms with Crippen molar-refractivity contribution in [1.82, 2.24) is 9.97 Å². The fraction of sp³-hybridized carbons (Fsp3) is 0.358. The van der Waals surface area contributed by atoms with Crippen LogP contribution in [0.25, 0.3) is 22.5 Å². The summed E-state index contributed by atoms with van der Waals surface area (Å²) >= 11 is 0. The van der Waals surface area contributed by atoms with Crippen molar-refractivity contribution in [2.24, 2.45) is 10.8 Å². The highest BCUT2D eigenvalue weighted by Crippen LogP contribution is 2.63. The first-order valence-corrected chi connectivity index (χ1v) is 19.9. The summed E-state index contributed by atoms with van der Waals surface area (Å²) in [5, 5.41) is 0. The Labute approximate surface area is 343 Å². The van der Waals surface area contributed by atoms with Crippen LogP contribution in [-0.2, 0) is 27.1 Å². The van der Waals surface area contributed by atoms with Crippen LogP contribution >= 0.6 is 0 Å². The summed E-state index contributed by atoms with van der Waals surface area (Å²) in [6.07, 6.45) is 0. The first-order chi connectivity index (χ1) is 28.8. The fourth-order valence-corrected chi connectivity index (χ4v) is 10.00. The largest absolute Gasteiger partial charge is 0.457 e. The first-order valence-electron chi connectivity index (χ1n) is 22.9. The summed E-state index contributed by atoms with van der Waals surface area (Å²) in [5.74, 6) is 1.23. The van der Waals surface area contributed by atoms with Gasteiger partial charge in [-0.3, -0.25) is 9.97 Å². The summed E-state index contributed by atoms with van der Waals surface area (Å²) in [5.41, 5.74) is 3.52. The molecule has 2 aromatic heterocycles. The quantitative estimate of drug-likeness (QED) is 0.180. The Kier molecular flexibility index (Phi) is 6.21. The van der Waals surface area contributed by atoms with E-state index in [-0.39, 0.29) is 47.1 Å². The number of para-hydroxylation sites is 2. The maximum absolute atomic E-state index is 9.86. The molecule has 0 fully saturated rings. The average molecular weight is 743 g/mol. The minimum atomic E-state index is -1.22. The van der Waals surface area contributed by atoms with E-state index in [0.29, 0.717) is 45.4 Å². The third-order valence-electron chi connectivity index (χ3n) is 16.0. The molecule has 0 spiro atoms. The van der Waals surface area contributed by atoms with Gasteiger partial charge in [0.05, 0.1) is 31.0 Å². The van der Waals surface area contributed by atoms with Gasteiger partial charge in [-0.1, -0.05) is 156 Å². The number of aromatic nitrogens is 2. The molecule has 3 heteroatoms. The van der Waals surface area contributed by atoms with E-state index in [0.717, 1.165) is 33.4 Å². The van der Waals surface area contributed by atoms with Crippen molar-refractivity contribution in [2.45, 2.75) is 110 Å². The van der Waals surface area contributed by atoms with Crippen molar-refractivity contribution in [2.75, 3.05) is 0 Å². The minimum Gasteiger partial charge on any atom is -0.457 e. The molecular formula is C53H56N2O. The molecule has 3 nitrogen and oxygen atoms in total. The number of hydrogen-bond donors (Lipinski definition) is 0. The lowest BCUT2D eigenvalue weighted by molar-refractivity contribution is 0.125. The van der Waals surface area contributed by atoms with E-state index >= 15 is 0 Å². The smallest absolute Gasteiger partial charge is 0.132 e. The van der Waals surface area contributed by atoms with Crippen LogP contribution in [0, 0.1) is 10.8 Å². The summed E-state index contributed by atoms with van der Waals surface area (Å²) in [6.45, 7) is 25.9. The Balaban J connectivity index is 1.35. The Morgan fingerprint density at radius 2 is 0.786 bits per heavy atom. The average Bonchev–Trinajstić information content (AvgIpc) is 3.41. The molecule has 0 bridgehead atoms. The van der Waals surface area contributed by atoms with Crippen LogP contribution in [0.2, 0.25) is 0 Å². The van der Waals surface area contributed by atoms with Crippen molar-refractivity contribution < 1.29 is 13.0 Å². The molecule has 9 rings (SSSR count). The molecule has 1 aliphatic heterocycles. The highest BCUT2D eigenvalue weighted by Gasteiger charge is 2.58. The Hall–Kier alpha value is -5.02. The van der Waals surface area contributed by atoms with Crippen LogP contribution in [-0.4, -0.2) is 9.97 Å². The van der Waals surface area contributed by atoms with E-state index in [9.17, 15) is 8.22 Å². The van der Waals surface area contributed by atoms with E-state index in [1.54, 1.807) is 0 Å². The van der Waals surface area contributed by atoms with Crippen LogP contribution in [0.5, 0.6) is 11.5 Å².